The van der Waals surface area contributed by atoms with Gasteiger partial charge in [0.15, 0.2) is 0 Å². The molecule has 1 atom stereocenters. The van der Waals surface area contributed by atoms with E-state index in [1.165, 1.54) is 4.90 Å². The van der Waals surface area contributed by atoms with Crippen LogP contribution in [0.15, 0.2) is 26.0 Å². The van der Waals surface area contributed by atoms with Crippen LogP contribution in [0.1, 0.15) is 47.9 Å². The summed E-state index contributed by atoms with van der Waals surface area (Å²) in [6, 6.07) is 1.07. The van der Waals surface area contributed by atoms with Gasteiger partial charge in [0, 0.05) is 34.9 Å². The molecule has 0 unspecified atom stereocenters. The Kier molecular flexibility index (Phi) is 5.13. The second-order valence-corrected chi connectivity index (χ2v) is 8.08. The number of hydrogen-bond donors (Lipinski definition) is 0. The third kappa shape index (κ3) is 3.28. The number of carbonyl (C=O) groups excluding carboxylic acids is 2. The Morgan fingerprint density at radius 2 is 1.90 bits per heavy atom. The van der Waals surface area contributed by atoms with Crippen LogP contribution in [-0.4, -0.2) is 29.4 Å². The standard InChI is InChI=1S/C23H25NO6/c1-12-11-29-20-14(3)21-17(10-16(12)20)13(2)15(23(28)30-21)7-8-19(25)24-9-5-4-6-18(24)22(26)27/h10-11,18H,4-9H2,1-3H3,(H,26,27)/p-1/t18-/m0/s1. The minimum atomic E-state index is -1.22. The van der Waals surface area contributed by atoms with Crippen LogP contribution in [-0.2, 0) is 16.0 Å². The van der Waals surface area contributed by atoms with Gasteiger partial charge in [-0.1, -0.05) is 0 Å². The first-order valence-electron chi connectivity index (χ1n) is 10.2. The third-order valence-electron chi connectivity index (χ3n) is 6.22. The zero-order chi connectivity index (χ0) is 21.6. The number of hydrogen-bond acceptors (Lipinski definition) is 6. The van der Waals surface area contributed by atoms with Crippen LogP contribution in [0, 0.1) is 20.8 Å². The fourth-order valence-electron chi connectivity index (χ4n) is 4.46. The molecule has 1 aliphatic heterocycles. The molecule has 158 valence electrons. The van der Waals surface area contributed by atoms with E-state index in [-0.39, 0.29) is 18.7 Å². The second-order valence-electron chi connectivity index (χ2n) is 8.08. The molecule has 0 bridgehead atoms. The molecule has 0 spiro atoms. The number of fused-ring (bicyclic) bond motifs is 2. The van der Waals surface area contributed by atoms with Gasteiger partial charge in [0.1, 0.15) is 11.2 Å². The molecule has 4 rings (SSSR count). The second kappa shape index (κ2) is 7.63. The van der Waals surface area contributed by atoms with Crippen molar-refractivity contribution in [3.63, 3.8) is 0 Å². The van der Waals surface area contributed by atoms with Crippen LogP contribution >= 0.6 is 0 Å². The summed E-state index contributed by atoms with van der Waals surface area (Å²) in [5, 5.41) is 13.1. The Morgan fingerprint density at radius 3 is 2.63 bits per heavy atom. The fraction of sp³-hybridized carbons (Fsp3) is 0.435. The lowest BCUT2D eigenvalue weighted by atomic mass is 9.97. The normalized spacial score (nSPS) is 17.0. The fourth-order valence-corrected chi connectivity index (χ4v) is 4.46. The van der Waals surface area contributed by atoms with Gasteiger partial charge in [0.25, 0.3) is 0 Å². The molecule has 30 heavy (non-hydrogen) atoms. The molecule has 0 N–H and O–H groups in total. The summed E-state index contributed by atoms with van der Waals surface area (Å²) in [7, 11) is 0. The highest BCUT2D eigenvalue weighted by molar-refractivity contribution is 5.99. The lowest BCUT2D eigenvalue weighted by Crippen LogP contribution is -2.52. The Hall–Kier alpha value is -3.09. The topological polar surface area (TPSA) is 104 Å². The minimum Gasteiger partial charge on any atom is -0.548 e. The molecule has 3 heterocycles. The van der Waals surface area contributed by atoms with Gasteiger partial charge in [-0.05, 0) is 63.6 Å². The first kappa shape index (κ1) is 20.2. The van der Waals surface area contributed by atoms with E-state index in [1.807, 2.05) is 26.8 Å². The van der Waals surface area contributed by atoms with E-state index >= 15 is 0 Å². The van der Waals surface area contributed by atoms with E-state index in [0.29, 0.717) is 29.7 Å². The maximum atomic E-state index is 12.7. The number of aliphatic carboxylic acids is 1. The minimum absolute atomic E-state index is 0.0485. The average Bonchev–Trinajstić information content (AvgIpc) is 3.09. The van der Waals surface area contributed by atoms with Crippen molar-refractivity contribution in [3.8, 4) is 0 Å². The van der Waals surface area contributed by atoms with Gasteiger partial charge in [-0.2, -0.15) is 0 Å². The van der Waals surface area contributed by atoms with E-state index in [9.17, 15) is 19.5 Å². The van der Waals surface area contributed by atoms with Crippen molar-refractivity contribution in [2.45, 2.75) is 58.9 Å². The van der Waals surface area contributed by atoms with E-state index in [2.05, 4.69) is 0 Å². The summed E-state index contributed by atoms with van der Waals surface area (Å²) < 4.78 is 11.2. The number of nitrogens with zero attached hydrogens (tertiary/aromatic N) is 1. The molecule has 1 fully saturated rings. The van der Waals surface area contributed by atoms with Crippen molar-refractivity contribution < 1.29 is 23.5 Å². The summed E-state index contributed by atoms with van der Waals surface area (Å²) >= 11 is 0. The van der Waals surface area contributed by atoms with Crippen LogP contribution in [0.25, 0.3) is 21.9 Å². The molecule has 1 aliphatic rings. The van der Waals surface area contributed by atoms with Crippen molar-refractivity contribution in [2.75, 3.05) is 6.54 Å². The first-order valence-corrected chi connectivity index (χ1v) is 10.2. The number of furan rings is 1. The number of amides is 1. The van der Waals surface area contributed by atoms with Crippen LogP contribution < -0.4 is 10.7 Å². The van der Waals surface area contributed by atoms with E-state index in [1.54, 1.807) is 6.26 Å². The lowest BCUT2D eigenvalue weighted by Gasteiger charge is -2.36. The zero-order valence-corrected chi connectivity index (χ0v) is 17.4. The van der Waals surface area contributed by atoms with Gasteiger partial charge in [0.05, 0.1) is 18.3 Å². The molecule has 0 aliphatic carbocycles. The average molecular weight is 410 g/mol. The third-order valence-corrected chi connectivity index (χ3v) is 6.22. The molecule has 2 aromatic heterocycles. The van der Waals surface area contributed by atoms with E-state index < -0.39 is 17.6 Å². The summed E-state index contributed by atoms with van der Waals surface area (Å²) in [4.78, 5) is 38.1. The number of carboxylic acids is 1. The largest absolute Gasteiger partial charge is 0.548 e. The number of rotatable bonds is 4. The van der Waals surface area contributed by atoms with Crippen LogP contribution in [0.3, 0.4) is 0 Å². The highest BCUT2D eigenvalue weighted by Gasteiger charge is 2.27. The van der Waals surface area contributed by atoms with Gasteiger partial charge in [0.2, 0.25) is 5.91 Å². The Bertz CT molecular complexity index is 1220. The number of carboxylic acid groups (broad SMARTS) is 1. The quantitative estimate of drug-likeness (QED) is 0.612. The Morgan fingerprint density at radius 1 is 1.13 bits per heavy atom. The Balaban J connectivity index is 1.67. The Labute approximate surface area is 173 Å². The van der Waals surface area contributed by atoms with Crippen molar-refractivity contribution in [2.24, 2.45) is 0 Å². The summed E-state index contributed by atoms with van der Waals surface area (Å²) in [6.45, 7) is 6.07. The van der Waals surface area contributed by atoms with Crippen LogP contribution in [0.2, 0.25) is 0 Å². The molecule has 1 amide bonds. The van der Waals surface area contributed by atoms with E-state index in [0.717, 1.165) is 40.3 Å². The maximum absolute atomic E-state index is 12.7. The number of carbonyl (C=O) groups is 2. The van der Waals surface area contributed by atoms with Gasteiger partial charge < -0.3 is 23.6 Å². The smallest absolute Gasteiger partial charge is 0.339 e. The number of aryl methyl sites for hydroxylation is 3. The molecule has 0 saturated carbocycles. The SMILES string of the molecule is Cc1coc2c(C)c3oc(=O)c(CCC(=O)N4CCCC[C@H]4C(=O)[O-])c(C)c3cc12. The van der Waals surface area contributed by atoms with Crippen molar-refractivity contribution >= 4 is 33.8 Å². The highest BCUT2D eigenvalue weighted by Crippen LogP contribution is 2.32. The molecule has 7 heteroatoms. The predicted molar refractivity (Wildman–Crippen MR) is 109 cm³/mol. The van der Waals surface area contributed by atoms with Crippen LogP contribution in [0.4, 0.5) is 0 Å². The van der Waals surface area contributed by atoms with Gasteiger partial charge in [-0.25, -0.2) is 4.79 Å². The molecule has 1 aromatic carbocycles. The first-order chi connectivity index (χ1) is 14.3. The maximum Gasteiger partial charge on any atom is 0.339 e. The van der Waals surface area contributed by atoms with Crippen molar-refractivity contribution in [1.29, 1.82) is 0 Å². The van der Waals surface area contributed by atoms with Crippen molar-refractivity contribution in [3.05, 3.63) is 45.0 Å². The van der Waals surface area contributed by atoms with Crippen molar-refractivity contribution in [1.82, 2.24) is 4.90 Å². The monoisotopic (exact) mass is 410 g/mol. The number of piperidine rings is 1. The molecular weight excluding hydrogens is 386 g/mol. The molecule has 3 aromatic rings. The molecule has 1 saturated heterocycles. The van der Waals surface area contributed by atoms with Crippen LogP contribution in [0.5, 0.6) is 0 Å². The zero-order valence-electron chi connectivity index (χ0n) is 17.4. The lowest BCUT2D eigenvalue weighted by molar-refractivity contribution is -0.312. The summed E-state index contributed by atoms with van der Waals surface area (Å²) in [5.74, 6) is -1.50. The van der Waals surface area contributed by atoms with Gasteiger partial charge in [-0.3, -0.25) is 4.79 Å². The summed E-state index contributed by atoms with van der Waals surface area (Å²) in [5.41, 5.74) is 3.69. The van der Waals surface area contributed by atoms with Gasteiger partial charge in [-0.15, -0.1) is 0 Å². The number of likely N-dealkylation sites (tertiary alicyclic amines) is 1. The summed E-state index contributed by atoms with van der Waals surface area (Å²) in [6.07, 6.45) is 3.86. The molecule has 0 radical (unpaired) electrons. The number of benzene rings is 1. The van der Waals surface area contributed by atoms with Gasteiger partial charge >= 0.3 is 5.63 Å². The highest BCUT2D eigenvalue weighted by atomic mass is 16.4. The van der Waals surface area contributed by atoms with E-state index in [4.69, 9.17) is 8.83 Å². The molecule has 7 nitrogen and oxygen atoms in total. The predicted octanol–water partition coefficient (Wildman–Crippen LogP) is 2.53. The molecular formula is C23H24NO6-.